The molecule has 0 atom stereocenters. The summed E-state index contributed by atoms with van der Waals surface area (Å²) < 4.78 is 6.96. The number of benzene rings is 1. The second-order valence-corrected chi connectivity index (χ2v) is 4.28. The molecule has 1 aromatic carbocycles. The number of aryl methyl sites for hydroxylation is 2. The SMILES string of the molecule is COc1cc(C)c(Cl)cc1-c1cnn(C)c1N. The first-order chi connectivity index (χ1) is 8.04. The summed E-state index contributed by atoms with van der Waals surface area (Å²) in [4.78, 5) is 0. The third-order valence-corrected chi connectivity index (χ3v) is 3.16. The minimum absolute atomic E-state index is 0.586. The van der Waals surface area contributed by atoms with Crippen LogP contribution in [0.25, 0.3) is 11.1 Å². The van der Waals surface area contributed by atoms with E-state index < -0.39 is 0 Å². The van der Waals surface area contributed by atoms with Gasteiger partial charge in [0.25, 0.3) is 0 Å². The maximum absolute atomic E-state index is 6.13. The third kappa shape index (κ3) is 1.96. The number of nitrogens with two attached hydrogens (primary N) is 1. The Morgan fingerprint density at radius 2 is 2.06 bits per heavy atom. The summed E-state index contributed by atoms with van der Waals surface area (Å²) in [7, 11) is 3.42. The maximum atomic E-state index is 6.13. The van der Waals surface area contributed by atoms with Crippen molar-refractivity contribution in [2.75, 3.05) is 12.8 Å². The van der Waals surface area contributed by atoms with E-state index in [4.69, 9.17) is 22.1 Å². The Kier molecular flexibility index (Phi) is 2.98. The van der Waals surface area contributed by atoms with Crippen LogP contribution in [0.15, 0.2) is 18.3 Å². The van der Waals surface area contributed by atoms with Gasteiger partial charge in [-0.3, -0.25) is 4.68 Å². The fraction of sp³-hybridized carbons (Fsp3) is 0.250. The van der Waals surface area contributed by atoms with Gasteiger partial charge in [0.2, 0.25) is 0 Å². The average Bonchev–Trinajstić information content (AvgIpc) is 2.63. The molecule has 17 heavy (non-hydrogen) atoms. The van der Waals surface area contributed by atoms with E-state index in [1.54, 1.807) is 25.0 Å². The molecule has 0 saturated heterocycles. The van der Waals surface area contributed by atoms with Gasteiger partial charge in [-0.2, -0.15) is 5.10 Å². The predicted octanol–water partition coefficient (Wildman–Crippen LogP) is 2.64. The van der Waals surface area contributed by atoms with E-state index in [1.165, 1.54) is 0 Å². The first-order valence-corrected chi connectivity index (χ1v) is 5.54. The van der Waals surface area contributed by atoms with Crippen molar-refractivity contribution in [2.45, 2.75) is 6.92 Å². The molecule has 4 nitrogen and oxygen atoms in total. The topological polar surface area (TPSA) is 53.1 Å². The van der Waals surface area contributed by atoms with Crippen LogP contribution in [-0.4, -0.2) is 16.9 Å². The van der Waals surface area contributed by atoms with E-state index in [0.717, 1.165) is 22.4 Å². The van der Waals surface area contributed by atoms with E-state index >= 15 is 0 Å². The summed E-state index contributed by atoms with van der Waals surface area (Å²) in [6.07, 6.45) is 1.71. The number of nitrogens with zero attached hydrogens (tertiary/aromatic N) is 2. The Morgan fingerprint density at radius 1 is 1.35 bits per heavy atom. The van der Waals surface area contributed by atoms with Crippen LogP contribution in [0.5, 0.6) is 5.75 Å². The Morgan fingerprint density at radius 3 is 2.59 bits per heavy atom. The summed E-state index contributed by atoms with van der Waals surface area (Å²) in [6.45, 7) is 1.93. The second-order valence-electron chi connectivity index (χ2n) is 3.87. The highest BCUT2D eigenvalue weighted by Crippen LogP contribution is 2.36. The molecule has 0 aliphatic rings. The first-order valence-electron chi connectivity index (χ1n) is 5.16. The van der Waals surface area contributed by atoms with Crippen molar-refractivity contribution in [3.63, 3.8) is 0 Å². The summed E-state index contributed by atoms with van der Waals surface area (Å²) >= 11 is 6.13. The lowest BCUT2D eigenvalue weighted by Gasteiger charge is -2.10. The number of ether oxygens (including phenoxy) is 1. The normalized spacial score (nSPS) is 10.6. The second kappa shape index (κ2) is 4.30. The van der Waals surface area contributed by atoms with Gasteiger partial charge in [0.15, 0.2) is 0 Å². The van der Waals surface area contributed by atoms with Crippen LogP contribution in [0.4, 0.5) is 5.82 Å². The molecule has 2 rings (SSSR count). The van der Waals surface area contributed by atoms with E-state index in [-0.39, 0.29) is 0 Å². The van der Waals surface area contributed by atoms with E-state index in [2.05, 4.69) is 5.10 Å². The van der Waals surface area contributed by atoms with Crippen LogP contribution in [0.2, 0.25) is 5.02 Å². The standard InChI is InChI=1S/C12H14ClN3O/c1-7-4-11(17-3)8(5-10(7)13)9-6-15-16(2)12(9)14/h4-6H,14H2,1-3H3. The summed E-state index contributed by atoms with van der Waals surface area (Å²) in [6, 6.07) is 3.74. The van der Waals surface area contributed by atoms with Crippen LogP contribution in [0, 0.1) is 6.92 Å². The van der Waals surface area contributed by atoms with Gasteiger partial charge >= 0.3 is 0 Å². The van der Waals surface area contributed by atoms with Crippen molar-refractivity contribution in [1.82, 2.24) is 9.78 Å². The number of nitrogen functional groups attached to an aromatic ring is 1. The molecule has 0 radical (unpaired) electrons. The number of methoxy groups -OCH3 is 1. The zero-order valence-corrected chi connectivity index (χ0v) is 10.7. The van der Waals surface area contributed by atoms with Gasteiger partial charge in [-0.25, -0.2) is 0 Å². The number of hydrogen-bond acceptors (Lipinski definition) is 3. The molecule has 0 unspecified atom stereocenters. The fourth-order valence-electron chi connectivity index (χ4n) is 1.69. The van der Waals surface area contributed by atoms with Crippen LogP contribution >= 0.6 is 11.6 Å². The molecule has 2 aromatic rings. The highest BCUT2D eigenvalue weighted by Gasteiger charge is 2.14. The maximum Gasteiger partial charge on any atom is 0.129 e. The molecule has 0 spiro atoms. The molecule has 0 saturated carbocycles. The molecule has 0 aliphatic heterocycles. The lowest BCUT2D eigenvalue weighted by molar-refractivity contribution is 0.416. The number of hydrogen-bond donors (Lipinski definition) is 1. The highest BCUT2D eigenvalue weighted by molar-refractivity contribution is 6.31. The van der Waals surface area contributed by atoms with Gasteiger partial charge in [-0.1, -0.05) is 11.6 Å². The van der Waals surface area contributed by atoms with E-state index in [0.29, 0.717) is 10.8 Å². The van der Waals surface area contributed by atoms with Crippen LogP contribution in [0.3, 0.4) is 0 Å². The first kappa shape index (κ1) is 11.8. The van der Waals surface area contributed by atoms with Crippen molar-refractivity contribution in [3.8, 4) is 16.9 Å². The smallest absolute Gasteiger partial charge is 0.129 e. The van der Waals surface area contributed by atoms with Crippen LogP contribution in [-0.2, 0) is 7.05 Å². The molecule has 0 bridgehead atoms. The molecule has 1 aromatic heterocycles. The van der Waals surface area contributed by atoms with Crippen LogP contribution in [0.1, 0.15) is 5.56 Å². The molecular weight excluding hydrogens is 238 g/mol. The number of anilines is 1. The Balaban J connectivity index is 2.66. The lowest BCUT2D eigenvalue weighted by Crippen LogP contribution is -1.98. The fourth-order valence-corrected chi connectivity index (χ4v) is 1.85. The minimum Gasteiger partial charge on any atom is -0.496 e. The number of rotatable bonds is 2. The zero-order valence-electron chi connectivity index (χ0n) is 9.99. The quantitative estimate of drug-likeness (QED) is 0.893. The van der Waals surface area contributed by atoms with Gasteiger partial charge < -0.3 is 10.5 Å². The molecule has 2 N–H and O–H groups in total. The molecule has 5 heteroatoms. The van der Waals surface area contributed by atoms with Crippen LogP contribution < -0.4 is 10.5 Å². The monoisotopic (exact) mass is 251 g/mol. The number of halogens is 1. The average molecular weight is 252 g/mol. The molecule has 0 fully saturated rings. The lowest BCUT2D eigenvalue weighted by atomic mass is 10.1. The third-order valence-electron chi connectivity index (χ3n) is 2.76. The van der Waals surface area contributed by atoms with Crippen molar-refractivity contribution >= 4 is 17.4 Å². The molecule has 0 amide bonds. The Labute approximate surface area is 105 Å². The molecule has 0 aliphatic carbocycles. The van der Waals surface area contributed by atoms with Gasteiger partial charge in [-0.05, 0) is 24.6 Å². The highest BCUT2D eigenvalue weighted by atomic mass is 35.5. The summed E-state index contributed by atoms with van der Waals surface area (Å²) in [5.74, 6) is 1.33. The number of aromatic nitrogens is 2. The summed E-state index contributed by atoms with van der Waals surface area (Å²) in [5, 5.41) is 4.80. The summed E-state index contributed by atoms with van der Waals surface area (Å²) in [5.41, 5.74) is 8.60. The van der Waals surface area contributed by atoms with Gasteiger partial charge in [0.1, 0.15) is 11.6 Å². The van der Waals surface area contributed by atoms with Crippen molar-refractivity contribution < 1.29 is 4.74 Å². The van der Waals surface area contributed by atoms with E-state index in [9.17, 15) is 0 Å². The zero-order chi connectivity index (χ0) is 12.6. The van der Waals surface area contributed by atoms with Crippen molar-refractivity contribution in [1.29, 1.82) is 0 Å². The largest absolute Gasteiger partial charge is 0.496 e. The van der Waals surface area contributed by atoms with Crippen molar-refractivity contribution in [2.24, 2.45) is 7.05 Å². The van der Waals surface area contributed by atoms with Crippen molar-refractivity contribution in [3.05, 3.63) is 28.9 Å². The minimum atomic E-state index is 0.586. The molecule has 1 heterocycles. The van der Waals surface area contributed by atoms with Gasteiger partial charge in [0, 0.05) is 23.2 Å². The Hall–Kier alpha value is -1.68. The van der Waals surface area contributed by atoms with Gasteiger partial charge in [-0.15, -0.1) is 0 Å². The molecular formula is C12H14ClN3O. The molecule has 90 valence electrons. The predicted molar refractivity (Wildman–Crippen MR) is 69.4 cm³/mol. The van der Waals surface area contributed by atoms with E-state index in [1.807, 2.05) is 19.1 Å². The van der Waals surface area contributed by atoms with Gasteiger partial charge in [0.05, 0.1) is 13.3 Å². The Bertz CT molecular complexity index is 563.